The zero-order valence-electron chi connectivity index (χ0n) is 8.64. The van der Waals surface area contributed by atoms with Crippen molar-refractivity contribution >= 4 is 5.69 Å². The number of hydrogen-bond acceptors (Lipinski definition) is 4. The molecule has 82 valence electrons. The summed E-state index contributed by atoms with van der Waals surface area (Å²) >= 11 is 0. The van der Waals surface area contributed by atoms with Gasteiger partial charge in [0, 0.05) is 0 Å². The number of hydrogen-bond donors (Lipinski definition) is 1. The van der Waals surface area contributed by atoms with Crippen LogP contribution in [0.1, 0.15) is 19.4 Å². The molecule has 0 aliphatic carbocycles. The molecule has 0 saturated heterocycles. The molecule has 0 aromatic heterocycles. The molecular weight excluding hydrogens is 198 g/mol. The summed E-state index contributed by atoms with van der Waals surface area (Å²) < 4.78 is 5.32. The SMILES string of the molecule is CC(C)Oc1ccc(CO)c([N+](=O)[O-])c1. The van der Waals surface area contributed by atoms with Gasteiger partial charge in [-0.3, -0.25) is 10.1 Å². The van der Waals surface area contributed by atoms with Crippen molar-refractivity contribution in [1.29, 1.82) is 0 Å². The van der Waals surface area contributed by atoms with Crippen LogP contribution >= 0.6 is 0 Å². The Morgan fingerprint density at radius 2 is 2.20 bits per heavy atom. The molecule has 0 amide bonds. The van der Waals surface area contributed by atoms with Crippen LogP contribution in [0.4, 0.5) is 5.69 Å². The molecule has 0 aliphatic heterocycles. The van der Waals surface area contributed by atoms with Crippen LogP contribution in [-0.4, -0.2) is 16.1 Å². The number of rotatable bonds is 4. The number of nitro groups is 1. The Hall–Kier alpha value is -1.62. The lowest BCUT2D eigenvalue weighted by atomic mass is 10.2. The van der Waals surface area contributed by atoms with E-state index in [4.69, 9.17) is 9.84 Å². The Morgan fingerprint density at radius 1 is 1.53 bits per heavy atom. The van der Waals surface area contributed by atoms with Gasteiger partial charge in [0.1, 0.15) is 5.75 Å². The van der Waals surface area contributed by atoms with E-state index in [0.717, 1.165) is 0 Å². The number of nitrogens with zero attached hydrogens (tertiary/aromatic N) is 1. The van der Waals surface area contributed by atoms with E-state index in [1.54, 1.807) is 6.07 Å². The Balaban J connectivity index is 3.05. The van der Waals surface area contributed by atoms with E-state index >= 15 is 0 Å². The predicted octanol–water partition coefficient (Wildman–Crippen LogP) is 1.87. The molecule has 15 heavy (non-hydrogen) atoms. The minimum Gasteiger partial charge on any atom is -0.491 e. The average molecular weight is 211 g/mol. The van der Waals surface area contributed by atoms with Crippen molar-refractivity contribution in [2.24, 2.45) is 0 Å². The van der Waals surface area contributed by atoms with Crippen LogP contribution in [0.15, 0.2) is 18.2 Å². The summed E-state index contributed by atoms with van der Waals surface area (Å²) in [5, 5.41) is 19.6. The molecule has 0 atom stereocenters. The highest BCUT2D eigenvalue weighted by Crippen LogP contribution is 2.25. The van der Waals surface area contributed by atoms with Gasteiger partial charge in [-0.15, -0.1) is 0 Å². The van der Waals surface area contributed by atoms with Crippen LogP contribution in [0.3, 0.4) is 0 Å². The third kappa shape index (κ3) is 2.92. The lowest BCUT2D eigenvalue weighted by Crippen LogP contribution is -2.06. The maximum atomic E-state index is 10.7. The lowest BCUT2D eigenvalue weighted by Gasteiger charge is -2.09. The molecule has 0 spiro atoms. The van der Waals surface area contributed by atoms with Crippen molar-refractivity contribution in [3.05, 3.63) is 33.9 Å². The Bertz CT molecular complexity index is 362. The van der Waals surface area contributed by atoms with Crippen molar-refractivity contribution in [1.82, 2.24) is 0 Å². The number of aliphatic hydroxyl groups excluding tert-OH is 1. The minimum atomic E-state index is -0.529. The fourth-order valence-electron chi connectivity index (χ4n) is 1.19. The summed E-state index contributed by atoms with van der Waals surface area (Å²) in [5.41, 5.74) is 0.173. The van der Waals surface area contributed by atoms with Gasteiger partial charge < -0.3 is 9.84 Å². The van der Waals surface area contributed by atoms with Crippen molar-refractivity contribution in [2.45, 2.75) is 26.6 Å². The zero-order valence-corrected chi connectivity index (χ0v) is 8.64. The molecule has 5 nitrogen and oxygen atoms in total. The van der Waals surface area contributed by atoms with E-state index in [-0.39, 0.29) is 24.0 Å². The van der Waals surface area contributed by atoms with Gasteiger partial charge in [-0.05, 0) is 26.0 Å². The van der Waals surface area contributed by atoms with Crippen LogP contribution in [0.5, 0.6) is 5.75 Å². The zero-order chi connectivity index (χ0) is 11.4. The molecule has 0 aliphatic rings. The number of ether oxygens (including phenoxy) is 1. The Kier molecular flexibility index (Phi) is 3.62. The summed E-state index contributed by atoms with van der Waals surface area (Å²) in [7, 11) is 0. The van der Waals surface area contributed by atoms with Gasteiger partial charge in [0.15, 0.2) is 0 Å². The van der Waals surface area contributed by atoms with Crippen molar-refractivity contribution in [3.8, 4) is 5.75 Å². The van der Waals surface area contributed by atoms with Gasteiger partial charge in [-0.2, -0.15) is 0 Å². The fourth-order valence-corrected chi connectivity index (χ4v) is 1.19. The lowest BCUT2D eigenvalue weighted by molar-refractivity contribution is -0.385. The van der Waals surface area contributed by atoms with Crippen molar-refractivity contribution in [2.75, 3.05) is 0 Å². The summed E-state index contributed by atoms with van der Waals surface area (Å²) in [4.78, 5) is 10.1. The summed E-state index contributed by atoms with van der Waals surface area (Å²) in [5.74, 6) is 0.439. The van der Waals surface area contributed by atoms with Gasteiger partial charge in [0.05, 0.1) is 29.3 Å². The molecule has 5 heteroatoms. The minimum absolute atomic E-state index is 0.0374. The molecular formula is C10H13NO4. The maximum absolute atomic E-state index is 10.7. The summed E-state index contributed by atoms with van der Waals surface area (Å²) in [6.07, 6.45) is -0.0374. The first kappa shape index (κ1) is 11.5. The van der Waals surface area contributed by atoms with E-state index in [2.05, 4.69) is 0 Å². The van der Waals surface area contributed by atoms with Crippen molar-refractivity contribution < 1.29 is 14.8 Å². The topological polar surface area (TPSA) is 72.6 Å². The Labute approximate surface area is 87.5 Å². The van der Waals surface area contributed by atoms with E-state index in [0.29, 0.717) is 5.75 Å². The Morgan fingerprint density at radius 3 is 2.67 bits per heavy atom. The fraction of sp³-hybridized carbons (Fsp3) is 0.400. The van der Waals surface area contributed by atoms with Gasteiger partial charge in [0.2, 0.25) is 0 Å². The standard InChI is InChI=1S/C10H13NO4/c1-7(2)15-9-4-3-8(6-12)10(5-9)11(13)14/h3-5,7,12H,6H2,1-2H3. The van der Waals surface area contributed by atoms with Gasteiger partial charge >= 0.3 is 0 Å². The number of nitro benzene ring substituents is 1. The first-order valence-corrected chi connectivity index (χ1v) is 4.59. The maximum Gasteiger partial charge on any atom is 0.278 e. The van der Waals surface area contributed by atoms with E-state index < -0.39 is 4.92 Å². The quantitative estimate of drug-likeness (QED) is 0.609. The highest BCUT2D eigenvalue weighted by molar-refractivity contribution is 5.45. The van der Waals surface area contributed by atoms with Gasteiger partial charge in [-0.25, -0.2) is 0 Å². The molecule has 0 radical (unpaired) electrons. The second kappa shape index (κ2) is 4.75. The molecule has 1 N–H and O–H groups in total. The summed E-state index contributed by atoms with van der Waals surface area (Å²) in [6.45, 7) is 3.33. The summed E-state index contributed by atoms with van der Waals surface area (Å²) in [6, 6.07) is 4.43. The van der Waals surface area contributed by atoms with Gasteiger partial charge in [0.25, 0.3) is 5.69 Å². The second-order valence-corrected chi connectivity index (χ2v) is 3.37. The number of aliphatic hydroxyl groups is 1. The first-order valence-electron chi connectivity index (χ1n) is 4.59. The van der Waals surface area contributed by atoms with E-state index in [1.165, 1.54) is 12.1 Å². The largest absolute Gasteiger partial charge is 0.491 e. The molecule has 0 heterocycles. The molecule has 1 rings (SSSR count). The third-order valence-corrected chi connectivity index (χ3v) is 1.80. The molecule has 1 aromatic rings. The van der Waals surface area contributed by atoms with Gasteiger partial charge in [-0.1, -0.05) is 0 Å². The normalized spacial score (nSPS) is 10.4. The molecule has 0 unspecified atom stereocenters. The number of benzene rings is 1. The van der Waals surface area contributed by atoms with Crippen LogP contribution in [0, 0.1) is 10.1 Å². The molecule has 0 saturated carbocycles. The predicted molar refractivity (Wildman–Crippen MR) is 54.8 cm³/mol. The van der Waals surface area contributed by atoms with E-state index in [1.807, 2.05) is 13.8 Å². The van der Waals surface area contributed by atoms with Crippen LogP contribution < -0.4 is 4.74 Å². The van der Waals surface area contributed by atoms with Crippen LogP contribution in [0.2, 0.25) is 0 Å². The van der Waals surface area contributed by atoms with Crippen LogP contribution in [-0.2, 0) is 6.61 Å². The smallest absolute Gasteiger partial charge is 0.278 e. The van der Waals surface area contributed by atoms with Crippen LogP contribution in [0.25, 0.3) is 0 Å². The monoisotopic (exact) mass is 211 g/mol. The highest BCUT2D eigenvalue weighted by atomic mass is 16.6. The average Bonchev–Trinajstić information content (AvgIpc) is 2.16. The molecule has 0 bridgehead atoms. The first-order chi connectivity index (χ1) is 7.04. The highest BCUT2D eigenvalue weighted by Gasteiger charge is 2.14. The second-order valence-electron chi connectivity index (χ2n) is 3.37. The molecule has 0 fully saturated rings. The van der Waals surface area contributed by atoms with Crippen molar-refractivity contribution in [3.63, 3.8) is 0 Å². The van der Waals surface area contributed by atoms with E-state index in [9.17, 15) is 10.1 Å². The third-order valence-electron chi connectivity index (χ3n) is 1.80. The molecule has 1 aromatic carbocycles.